The van der Waals surface area contributed by atoms with Gasteiger partial charge < -0.3 is 10.4 Å². The molecule has 0 spiro atoms. The first-order valence-corrected chi connectivity index (χ1v) is 9.29. The number of benzene rings is 1. The topological polar surface area (TPSA) is 107 Å². The van der Waals surface area contributed by atoms with Crippen molar-refractivity contribution in [3.63, 3.8) is 0 Å². The molecule has 0 heterocycles. The maximum atomic E-state index is 12.3. The van der Waals surface area contributed by atoms with Crippen molar-refractivity contribution in [3.8, 4) is 0 Å². The number of carbonyl (C=O) groups is 2. The normalized spacial score (nSPS) is 11.3. The van der Waals surface area contributed by atoms with E-state index in [4.69, 9.17) is 5.11 Å². The lowest BCUT2D eigenvalue weighted by atomic mass is 10.2. The van der Waals surface area contributed by atoms with Gasteiger partial charge in [0.1, 0.15) is 0 Å². The molecule has 8 nitrogen and oxygen atoms in total. The van der Waals surface area contributed by atoms with Gasteiger partial charge in [-0.15, -0.1) is 12.4 Å². The van der Waals surface area contributed by atoms with Crippen LogP contribution in [0.15, 0.2) is 23.1 Å². The minimum atomic E-state index is -3.62. The number of carboxylic acids is 1. The monoisotopic (exact) mass is 407 g/mol. The molecule has 0 atom stereocenters. The van der Waals surface area contributed by atoms with Crippen LogP contribution in [0.3, 0.4) is 0 Å². The summed E-state index contributed by atoms with van der Waals surface area (Å²) in [6.45, 7) is 3.75. The summed E-state index contributed by atoms with van der Waals surface area (Å²) in [4.78, 5) is 24.6. The average Bonchev–Trinajstić information content (AvgIpc) is 2.48. The zero-order valence-corrected chi connectivity index (χ0v) is 17.0. The molecule has 0 radical (unpaired) electrons. The third kappa shape index (κ3) is 6.91. The Labute approximate surface area is 160 Å². The summed E-state index contributed by atoms with van der Waals surface area (Å²) in [7, 11) is -0.741. The first kappa shape index (κ1) is 24.3. The maximum Gasteiger partial charge on any atom is 0.317 e. The number of amides is 1. The fraction of sp³-hybridized carbons (Fsp3) is 0.500. The average molecular weight is 408 g/mol. The van der Waals surface area contributed by atoms with Crippen LogP contribution >= 0.6 is 12.4 Å². The van der Waals surface area contributed by atoms with Crippen LogP contribution in [-0.4, -0.2) is 68.3 Å². The highest BCUT2D eigenvalue weighted by molar-refractivity contribution is 7.89. The molecular formula is C16H26ClN3O5S. The quantitative estimate of drug-likeness (QED) is 0.640. The Hall–Kier alpha value is -1.68. The highest BCUT2D eigenvalue weighted by Crippen LogP contribution is 2.22. The van der Waals surface area contributed by atoms with Gasteiger partial charge in [-0.05, 0) is 37.6 Å². The second-order valence-corrected chi connectivity index (χ2v) is 8.04. The van der Waals surface area contributed by atoms with Crippen LogP contribution < -0.4 is 5.32 Å². The van der Waals surface area contributed by atoms with E-state index >= 15 is 0 Å². The summed E-state index contributed by atoms with van der Waals surface area (Å²) in [5.41, 5.74) is 0.924. The van der Waals surface area contributed by atoms with Crippen LogP contribution in [0.4, 0.5) is 5.69 Å². The van der Waals surface area contributed by atoms with Crippen molar-refractivity contribution in [1.82, 2.24) is 9.21 Å². The molecule has 1 aromatic rings. The van der Waals surface area contributed by atoms with E-state index in [2.05, 4.69) is 5.32 Å². The third-order valence-corrected chi connectivity index (χ3v) is 5.45. The number of sulfonamides is 1. The molecule has 0 aliphatic rings. The van der Waals surface area contributed by atoms with Gasteiger partial charge in [0, 0.05) is 19.8 Å². The summed E-state index contributed by atoms with van der Waals surface area (Å²) in [5.74, 6) is -1.40. The van der Waals surface area contributed by atoms with Crippen LogP contribution in [0.25, 0.3) is 0 Å². The lowest BCUT2D eigenvalue weighted by molar-refractivity contribution is -0.138. The molecule has 0 unspecified atom stereocenters. The third-order valence-electron chi connectivity index (χ3n) is 3.50. The Morgan fingerprint density at radius 2 is 1.81 bits per heavy atom. The number of rotatable bonds is 9. The van der Waals surface area contributed by atoms with Crippen LogP contribution in [0.2, 0.25) is 0 Å². The van der Waals surface area contributed by atoms with Gasteiger partial charge in [-0.3, -0.25) is 14.5 Å². The second-order valence-electron chi connectivity index (χ2n) is 5.92. The molecule has 0 saturated heterocycles. The van der Waals surface area contributed by atoms with E-state index in [1.165, 1.54) is 25.1 Å². The second kappa shape index (κ2) is 10.5. The lowest BCUT2D eigenvalue weighted by Gasteiger charge is -2.19. The van der Waals surface area contributed by atoms with Gasteiger partial charge in [-0.25, -0.2) is 12.7 Å². The Balaban J connectivity index is 0.00000625. The van der Waals surface area contributed by atoms with Crippen molar-refractivity contribution < 1.29 is 23.1 Å². The number of hydrogen-bond acceptors (Lipinski definition) is 5. The number of nitrogens with zero attached hydrogens (tertiary/aromatic N) is 2. The lowest BCUT2D eigenvalue weighted by Crippen LogP contribution is -2.37. The summed E-state index contributed by atoms with van der Waals surface area (Å²) in [6.07, 6.45) is 0.719. The zero-order chi connectivity index (χ0) is 19.2. The van der Waals surface area contributed by atoms with E-state index in [0.29, 0.717) is 17.8 Å². The number of carboxylic acid groups (broad SMARTS) is 1. The molecule has 1 aromatic carbocycles. The van der Waals surface area contributed by atoms with Crippen molar-refractivity contribution in [3.05, 3.63) is 23.8 Å². The van der Waals surface area contributed by atoms with Crippen LogP contribution in [-0.2, 0) is 19.6 Å². The zero-order valence-electron chi connectivity index (χ0n) is 15.4. The standard InChI is InChI=1S/C16H25N3O5S.ClH/c1-5-8-19(11-16(21)22)10-15(20)17-13-7-6-12(2)14(9-13)25(23,24)18(3)4;/h6-7,9H,5,8,10-11H2,1-4H3,(H,17,20)(H,21,22);1H. The van der Waals surface area contributed by atoms with E-state index in [0.717, 1.165) is 10.7 Å². The molecule has 0 aliphatic heterocycles. The van der Waals surface area contributed by atoms with Gasteiger partial charge in [-0.1, -0.05) is 13.0 Å². The Morgan fingerprint density at radius 3 is 2.31 bits per heavy atom. The van der Waals surface area contributed by atoms with Gasteiger partial charge in [0.25, 0.3) is 0 Å². The SMILES string of the molecule is CCCN(CC(=O)O)CC(=O)Nc1ccc(C)c(S(=O)(=O)N(C)C)c1.Cl. The summed E-state index contributed by atoms with van der Waals surface area (Å²) < 4.78 is 25.7. The molecule has 1 amide bonds. The minimum absolute atomic E-state index is 0. The highest BCUT2D eigenvalue weighted by atomic mass is 35.5. The Bertz CT molecular complexity index is 737. The number of hydrogen-bond donors (Lipinski definition) is 2. The van der Waals surface area contributed by atoms with Gasteiger partial charge in [-0.2, -0.15) is 0 Å². The highest BCUT2D eigenvalue weighted by Gasteiger charge is 2.21. The molecule has 0 bridgehead atoms. The molecule has 0 fully saturated rings. The molecule has 148 valence electrons. The summed E-state index contributed by atoms with van der Waals surface area (Å²) >= 11 is 0. The van der Waals surface area contributed by atoms with Crippen molar-refractivity contribution >= 4 is 40.0 Å². The number of anilines is 1. The van der Waals surface area contributed by atoms with E-state index in [9.17, 15) is 18.0 Å². The largest absolute Gasteiger partial charge is 0.480 e. The van der Waals surface area contributed by atoms with Crippen molar-refractivity contribution in [1.29, 1.82) is 0 Å². The van der Waals surface area contributed by atoms with Crippen molar-refractivity contribution in [2.75, 3.05) is 39.0 Å². The number of halogens is 1. The van der Waals surface area contributed by atoms with Crippen LogP contribution in [0.1, 0.15) is 18.9 Å². The van der Waals surface area contributed by atoms with E-state index in [-0.39, 0.29) is 30.4 Å². The Kier molecular flexibility index (Phi) is 9.79. The molecule has 26 heavy (non-hydrogen) atoms. The van der Waals surface area contributed by atoms with Gasteiger partial charge in [0.05, 0.1) is 18.0 Å². The van der Waals surface area contributed by atoms with E-state index in [1.807, 2.05) is 6.92 Å². The van der Waals surface area contributed by atoms with Crippen LogP contribution in [0.5, 0.6) is 0 Å². The molecular weight excluding hydrogens is 382 g/mol. The van der Waals surface area contributed by atoms with Gasteiger partial charge >= 0.3 is 5.97 Å². The number of nitrogens with one attached hydrogen (secondary N) is 1. The molecule has 0 aliphatic carbocycles. The molecule has 1 rings (SSSR count). The molecule has 10 heteroatoms. The summed E-state index contributed by atoms with van der Waals surface area (Å²) in [6, 6.07) is 4.64. The van der Waals surface area contributed by atoms with Crippen LogP contribution in [0, 0.1) is 6.92 Å². The fourth-order valence-corrected chi connectivity index (χ4v) is 3.42. The predicted octanol–water partition coefficient (Wildman–Crippen LogP) is 1.40. The maximum absolute atomic E-state index is 12.3. The van der Waals surface area contributed by atoms with E-state index < -0.39 is 21.9 Å². The first-order valence-electron chi connectivity index (χ1n) is 7.85. The smallest absolute Gasteiger partial charge is 0.317 e. The number of aryl methyl sites for hydroxylation is 1. The molecule has 0 aromatic heterocycles. The predicted molar refractivity (Wildman–Crippen MR) is 102 cm³/mol. The van der Waals surface area contributed by atoms with Gasteiger partial charge in [0.15, 0.2) is 0 Å². The number of aliphatic carboxylic acids is 1. The molecule has 0 saturated carbocycles. The van der Waals surface area contributed by atoms with Crippen molar-refractivity contribution in [2.45, 2.75) is 25.2 Å². The van der Waals surface area contributed by atoms with Crippen molar-refractivity contribution in [2.24, 2.45) is 0 Å². The first-order chi connectivity index (χ1) is 11.6. The minimum Gasteiger partial charge on any atom is -0.480 e. The number of carbonyl (C=O) groups excluding carboxylic acids is 1. The molecule has 2 N–H and O–H groups in total. The fourth-order valence-electron chi connectivity index (χ4n) is 2.28. The summed E-state index contributed by atoms with van der Waals surface area (Å²) in [5, 5.41) is 11.5. The van der Waals surface area contributed by atoms with E-state index in [1.54, 1.807) is 19.1 Å². The van der Waals surface area contributed by atoms with Gasteiger partial charge in [0.2, 0.25) is 15.9 Å². The Morgan fingerprint density at radius 1 is 1.19 bits per heavy atom.